The number of furan rings is 1. The number of fused-ring (bicyclic) bond motifs is 1. The summed E-state index contributed by atoms with van der Waals surface area (Å²) in [5.41, 5.74) is 2.72. The number of rotatable bonds is 4. The summed E-state index contributed by atoms with van der Waals surface area (Å²) in [6, 6.07) is 16.2. The molecule has 0 spiro atoms. The van der Waals surface area contributed by atoms with Gasteiger partial charge in [0.1, 0.15) is 5.58 Å². The largest absolute Gasteiger partial charge is 0.451 e. The number of carbonyl (C=O) groups excluding carboxylic acids is 2. The molecule has 2 N–H and O–H groups in total. The van der Waals surface area contributed by atoms with Crippen molar-refractivity contribution in [2.45, 2.75) is 6.92 Å². The number of aryl methyl sites for hydroxylation is 1. The van der Waals surface area contributed by atoms with Crippen molar-refractivity contribution in [3.63, 3.8) is 0 Å². The van der Waals surface area contributed by atoms with Crippen LogP contribution in [0, 0.1) is 6.92 Å². The van der Waals surface area contributed by atoms with Crippen LogP contribution in [0.15, 0.2) is 68.9 Å². The number of hydrogen-bond acceptors (Lipinski definition) is 4. The van der Waals surface area contributed by atoms with E-state index in [0.717, 1.165) is 15.4 Å². The van der Waals surface area contributed by atoms with E-state index in [1.165, 1.54) is 11.3 Å². The molecule has 28 heavy (non-hydrogen) atoms. The lowest BCUT2D eigenvalue weighted by molar-refractivity contribution is 0.0995. The minimum Gasteiger partial charge on any atom is -0.451 e. The first-order chi connectivity index (χ1) is 13.5. The van der Waals surface area contributed by atoms with Gasteiger partial charge in [-0.05, 0) is 60.8 Å². The lowest BCUT2D eigenvalue weighted by atomic mass is 10.1. The highest BCUT2D eigenvalue weighted by atomic mass is 79.9. The van der Waals surface area contributed by atoms with Gasteiger partial charge >= 0.3 is 0 Å². The Bertz CT molecular complexity index is 1160. The molecule has 0 aliphatic carbocycles. The van der Waals surface area contributed by atoms with Crippen molar-refractivity contribution in [1.82, 2.24) is 0 Å². The molecule has 0 saturated heterocycles. The van der Waals surface area contributed by atoms with Gasteiger partial charge in [-0.25, -0.2) is 0 Å². The van der Waals surface area contributed by atoms with Gasteiger partial charge in [0, 0.05) is 26.8 Å². The number of amides is 2. The van der Waals surface area contributed by atoms with Gasteiger partial charge in [-0.2, -0.15) is 0 Å². The standard InChI is InChI=1S/C21H15BrN2O3S/c1-12-16-11-13(22)4-9-17(16)27-19(12)21(26)24-15-7-5-14(6-8-15)23-20(25)18-3-2-10-28-18/h2-11H,1H3,(H,23,25)(H,24,26). The summed E-state index contributed by atoms with van der Waals surface area (Å²) in [4.78, 5) is 25.3. The molecule has 0 aliphatic heterocycles. The van der Waals surface area contributed by atoms with Crippen LogP contribution in [-0.4, -0.2) is 11.8 Å². The first-order valence-electron chi connectivity index (χ1n) is 8.46. The van der Waals surface area contributed by atoms with E-state index in [4.69, 9.17) is 4.42 Å². The molecule has 0 fully saturated rings. The van der Waals surface area contributed by atoms with E-state index in [0.29, 0.717) is 21.8 Å². The predicted molar refractivity (Wildman–Crippen MR) is 115 cm³/mol. The highest BCUT2D eigenvalue weighted by Crippen LogP contribution is 2.28. The SMILES string of the molecule is Cc1c(C(=O)Nc2ccc(NC(=O)c3cccs3)cc2)oc2ccc(Br)cc12. The molecule has 7 heteroatoms. The fourth-order valence-corrected chi connectivity index (χ4v) is 3.81. The summed E-state index contributed by atoms with van der Waals surface area (Å²) in [5, 5.41) is 8.40. The van der Waals surface area contributed by atoms with Gasteiger partial charge in [0.25, 0.3) is 11.8 Å². The maximum atomic E-state index is 12.6. The second kappa shape index (κ2) is 7.61. The first-order valence-corrected chi connectivity index (χ1v) is 10.1. The van der Waals surface area contributed by atoms with Gasteiger partial charge in [-0.15, -0.1) is 11.3 Å². The van der Waals surface area contributed by atoms with Crippen LogP contribution in [0.25, 0.3) is 11.0 Å². The highest BCUT2D eigenvalue weighted by Gasteiger charge is 2.18. The van der Waals surface area contributed by atoms with Crippen LogP contribution in [0.5, 0.6) is 0 Å². The fourth-order valence-electron chi connectivity index (χ4n) is 2.83. The molecule has 140 valence electrons. The zero-order chi connectivity index (χ0) is 19.7. The Hall–Kier alpha value is -2.90. The van der Waals surface area contributed by atoms with E-state index in [1.807, 2.05) is 36.6 Å². The van der Waals surface area contributed by atoms with Crippen molar-refractivity contribution in [3.8, 4) is 0 Å². The Kier molecular flexibility index (Phi) is 5.02. The van der Waals surface area contributed by atoms with Crippen molar-refractivity contribution in [2.75, 3.05) is 10.6 Å². The third-order valence-electron chi connectivity index (χ3n) is 4.25. The number of thiophene rings is 1. The number of hydrogen-bond donors (Lipinski definition) is 2. The molecule has 0 radical (unpaired) electrons. The second-order valence-corrected chi connectivity index (χ2v) is 8.02. The Morgan fingerprint density at radius 1 is 0.964 bits per heavy atom. The molecule has 0 saturated carbocycles. The van der Waals surface area contributed by atoms with Gasteiger partial charge in [-0.1, -0.05) is 22.0 Å². The summed E-state index contributed by atoms with van der Waals surface area (Å²) in [5.74, 6) is -0.195. The lowest BCUT2D eigenvalue weighted by Crippen LogP contribution is -2.13. The zero-order valence-corrected chi connectivity index (χ0v) is 17.2. The molecule has 0 aliphatic rings. The molecule has 2 amide bonds. The quantitative estimate of drug-likeness (QED) is 0.392. The van der Waals surface area contributed by atoms with Gasteiger partial charge in [0.2, 0.25) is 0 Å². The minimum atomic E-state index is -0.319. The molecular weight excluding hydrogens is 440 g/mol. The molecule has 4 rings (SSSR count). The number of halogens is 1. The Morgan fingerprint density at radius 2 is 1.64 bits per heavy atom. The van der Waals surface area contributed by atoms with Crippen molar-refractivity contribution >= 4 is 61.4 Å². The Labute approximate surface area is 173 Å². The number of carbonyl (C=O) groups is 2. The van der Waals surface area contributed by atoms with Crippen molar-refractivity contribution in [3.05, 3.63) is 80.7 Å². The second-order valence-electron chi connectivity index (χ2n) is 6.16. The first kappa shape index (κ1) is 18.5. The minimum absolute atomic E-state index is 0.157. The topological polar surface area (TPSA) is 71.3 Å². The summed E-state index contributed by atoms with van der Waals surface area (Å²) in [6.07, 6.45) is 0. The van der Waals surface area contributed by atoms with Gasteiger partial charge in [0.05, 0.1) is 4.88 Å². The Morgan fingerprint density at radius 3 is 2.29 bits per heavy atom. The van der Waals surface area contributed by atoms with Crippen LogP contribution in [0.4, 0.5) is 11.4 Å². The lowest BCUT2D eigenvalue weighted by Gasteiger charge is -2.07. The van der Waals surface area contributed by atoms with E-state index in [1.54, 1.807) is 30.3 Å². The van der Waals surface area contributed by atoms with E-state index in [-0.39, 0.29) is 17.6 Å². The third-order valence-corrected chi connectivity index (χ3v) is 5.61. The van der Waals surface area contributed by atoms with Gasteiger partial charge in [-0.3, -0.25) is 9.59 Å². The molecule has 2 heterocycles. The maximum absolute atomic E-state index is 12.6. The van der Waals surface area contributed by atoms with Crippen LogP contribution in [-0.2, 0) is 0 Å². The van der Waals surface area contributed by atoms with E-state index in [9.17, 15) is 9.59 Å². The van der Waals surface area contributed by atoms with Crippen LogP contribution in [0.2, 0.25) is 0 Å². The summed E-state index contributed by atoms with van der Waals surface area (Å²) < 4.78 is 6.64. The molecule has 0 unspecified atom stereocenters. The molecule has 0 atom stereocenters. The summed E-state index contributed by atoms with van der Waals surface area (Å²) >= 11 is 4.81. The van der Waals surface area contributed by atoms with Gasteiger partial charge in [0.15, 0.2) is 5.76 Å². The number of nitrogens with one attached hydrogen (secondary N) is 2. The Balaban J connectivity index is 1.48. The monoisotopic (exact) mass is 454 g/mol. The smallest absolute Gasteiger partial charge is 0.291 e. The van der Waals surface area contributed by atoms with Crippen molar-refractivity contribution in [1.29, 1.82) is 0 Å². The molecule has 4 aromatic rings. The zero-order valence-electron chi connectivity index (χ0n) is 14.8. The third kappa shape index (κ3) is 3.72. The molecule has 5 nitrogen and oxygen atoms in total. The summed E-state index contributed by atoms with van der Waals surface area (Å²) in [7, 11) is 0. The number of benzene rings is 2. The van der Waals surface area contributed by atoms with Gasteiger partial charge < -0.3 is 15.1 Å². The van der Waals surface area contributed by atoms with Crippen LogP contribution < -0.4 is 10.6 Å². The van der Waals surface area contributed by atoms with Crippen molar-refractivity contribution in [2.24, 2.45) is 0 Å². The molecule has 2 aromatic carbocycles. The molecule has 0 bridgehead atoms. The van der Waals surface area contributed by atoms with E-state index in [2.05, 4.69) is 26.6 Å². The van der Waals surface area contributed by atoms with Crippen LogP contribution in [0.3, 0.4) is 0 Å². The highest BCUT2D eigenvalue weighted by molar-refractivity contribution is 9.10. The summed E-state index contributed by atoms with van der Waals surface area (Å²) in [6.45, 7) is 1.86. The van der Waals surface area contributed by atoms with E-state index < -0.39 is 0 Å². The normalized spacial score (nSPS) is 10.8. The molecule has 2 aromatic heterocycles. The van der Waals surface area contributed by atoms with Crippen LogP contribution >= 0.6 is 27.3 Å². The fraction of sp³-hybridized carbons (Fsp3) is 0.0476. The average Bonchev–Trinajstić information content (AvgIpc) is 3.32. The number of anilines is 2. The van der Waals surface area contributed by atoms with Crippen LogP contribution in [0.1, 0.15) is 25.8 Å². The van der Waals surface area contributed by atoms with Crippen molar-refractivity contribution < 1.29 is 14.0 Å². The maximum Gasteiger partial charge on any atom is 0.291 e. The average molecular weight is 455 g/mol. The molecular formula is C21H15BrN2O3S. The predicted octanol–water partition coefficient (Wildman–Crippen LogP) is 6.07. The van der Waals surface area contributed by atoms with E-state index >= 15 is 0 Å².